The highest BCUT2D eigenvalue weighted by Crippen LogP contribution is 2.03. The topological polar surface area (TPSA) is 220 Å². The van der Waals surface area contributed by atoms with Crippen molar-refractivity contribution in [2.24, 2.45) is 17.2 Å². The Morgan fingerprint density at radius 2 is 1.61 bits per heavy atom. The minimum absolute atomic E-state index is 0.0340. The van der Waals surface area contributed by atoms with Gasteiger partial charge in [-0.1, -0.05) is 0 Å². The second-order valence-corrected chi connectivity index (χ2v) is 6.30. The number of carboxylic acids is 1. The molecule has 0 heterocycles. The molecule has 0 bridgehead atoms. The van der Waals surface area contributed by atoms with Crippen molar-refractivity contribution in [3.63, 3.8) is 0 Å². The molecule has 10 N–H and O–H groups in total. The van der Waals surface area contributed by atoms with Gasteiger partial charge in [0.1, 0.15) is 18.6 Å². The first-order valence-electron chi connectivity index (χ1n) is 8.92. The summed E-state index contributed by atoms with van der Waals surface area (Å²) in [6.07, 6.45) is 1.40. The molecule has 0 aromatic carbocycles. The van der Waals surface area contributed by atoms with Gasteiger partial charge in [-0.05, 0) is 39.2 Å². The van der Waals surface area contributed by atoms with E-state index >= 15 is 0 Å². The minimum Gasteiger partial charge on any atom is -0.480 e. The molecular formula is C16H30N6O6. The Morgan fingerprint density at radius 1 is 0.964 bits per heavy atom. The third kappa shape index (κ3) is 11.1. The molecule has 0 aliphatic rings. The van der Waals surface area contributed by atoms with Gasteiger partial charge in [-0.25, -0.2) is 0 Å². The molecule has 0 spiro atoms. The quantitative estimate of drug-likeness (QED) is 0.147. The maximum absolute atomic E-state index is 12.4. The molecule has 3 unspecified atom stereocenters. The number of aliphatic carboxylic acids is 1. The van der Waals surface area contributed by atoms with E-state index in [4.69, 9.17) is 22.3 Å². The lowest BCUT2D eigenvalue weighted by Crippen LogP contribution is -2.55. The van der Waals surface area contributed by atoms with Crippen LogP contribution in [0.25, 0.3) is 0 Å². The van der Waals surface area contributed by atoms with Gasteiger partial charge in [0.05, 0.1) is 6.04 Å². The fraction of sp³-hybridized carbons (Fsp3) is 0.688. The van der Waals surface area contributed by atoms with Crippen molar-refractivity contribution < 1.29 is 29.1 Å². The molecule has 0 radical (unpaired) electrons. The molecule has 12 nitrogen and oxygen atoms in total. The Balaban J connectivity index is 4.84. The highest BCUT2D eigenvalue weighted by atomic mass is 16.4. The van der Waals surface area contributed by atoms with E-state index in [2.05, 4.69) is 16.0 Å². The van der Waals surface area contributed by atoms with Gasteiger partial charge in [0, 0.05) is 6.42 Å². The average molecular weight is 402 g/mol. The van der Waals surface area contributed by atoms with Crippen LogP contribution in [0.3, 0.4) is 0 Å². The number of nitrogens with one attached hydrogen (secondary N) is 3. The van der Waals surface area contributed by atoms with Crippen LogP contribution >= 0.6 is 0 Å². The Kier molecular flexibility index (Phi) is 12.1. The number of carbonyl (C=O) groups is 5. The number of nitrogens with two attached hydrogens (primary N) is 3. The van der Waals surface area contributed by atoms with Crippen LogP contribution in [0.15, 0.2) is 0 Å². The maximum atomic E-state index is 12.4. The first-order valence-corrected chi connectivity index (χ1v) is 8.92. The molecule has 0 aliphatic carbocycles. The Morgan fingerprint density at radius 3 is 2.14 bits per heavy atom. The monoisotopic (exact) mass is 402 g/mol. The van der Waals surface area contributed by atoms with Crippen molar-refractivity contribution in [2.45, 2.75) is 57.2 Å². The van der Waals surface area contributed by atoms with Gasteiger partial charge in [-0.2, -0.15) is 0 Å². The van der Waals surface area contributed by atoms with Gasteiger partial charge in [-0.15, -0.1) is 0 Å². The number of rotatable bonds is 14. The van der Waals surface area contributed by atoms with E-state index in [9.17, 15) is 24.0 Å². The lowest BCUT2D eigenvalue weighted by Gasteiger charge is -2.22. The third-order valence-electron chi connectivity index (χ3n) is 3.78. The first-order chi connectivity index (χ1) is 13.1. The maximum Gasteiger partial charge on any atom is 0.322 e. The van der Waals surface area contributed by atoms with Crippen molar-refractivity contribution in [3.05, 3.63) is 0 Å². The van der Waals surface area contributed by atoms with Gasteiger partial charge < -0.3 is 38.3 Å². The lowest BCUT2D eigenvalue weighted by molar-refractivity contribution is -0.138. The Labute approximate surface area is 162 Å². The number of carbonyl (C=O) groups excluding carboxylic acids is 4. The molecule has 12 heteroatoms. The van der Waals surface area contributed by atoms with Crippen LogP contribution in [0.4, 0.5) is 0 Å². The number of unbranched alkanes of at least 4 members (excludes halogenated alkanes) is 1. The summed E-state index contributed by atoms with van der Waals surface area (Å²) in [5.41, 5.74) is 16.1. The molecule has 0 aromatic rings. The summed E-state index contributed by atoms with van der Waals surface area (Å²) < 4.78 is 0. The first kappa shape index (κ1) is 25.3. The van der Waals surface area contributed by atoms with Crippen molar-refractivity contribution in [1.29, 1.82) is 0 Å². The second kappa shape index (κ2) is 13.4. The predicted molar refractivity (Wildman–Crippen MR) is 99.5 cm³/mol. The zero-order valence-electron chi connectivity index (χ0n) is 15.9. The Bertz CT molecular complexity index is 570. The van der Waals surface area contributed by atoms with Crippen molar-refractivity contribution in [3.8, 4) is 0 Å². The van der Waals surface area contributed by atoms with E-state index < -0.39 is 54.3 Å². The normalized spacial score (nSPS) is 13.7. The van der Waals surface area contributed by atoms with Crippen LogP contribution < -0.4 is 33.2 Å². The van der Waals surface area contributed by atoms with Gasteiger partial charge in [-0.3, -0.25) is 24.0 Å². The molecule has 0 saturated carbocycles. The third-order valence-corrected chi connectivity index (χ3v) is 3.78. The summed E-state index contributed by atoms with van der Waals surface area (Å²) in [6, 6.07) is -2.99. The lowest BCUT2D eigenvalue weighted by atomic mass is 10.1. The molecule has 3 atom stereocenters. The van der Waals surface area contributed by atoms with Crippen molar-refractivity contribution >= 4 is 29.6 Å². The second-order valence-electron chi connectivity index (χ2n) is 6.30. The van der Waals surface area contributed by atoms with Crippen LogP contribution in [0.2, 0.25) is 0 Å². The van der Waals surface area contributed by atoms with Gasteiger partial charge in [0.2, 0.25) is 23.6 Å². The van der Waals surface area contributed by atoms with Crippen LogP contribution in [-0.2, 0) is 24.0 Å². The number of amides is 4. The minimum atomic E-state index is -1.22. The highest BCUT2D eigenvalue weighted by molar-refractivity contribution is 5.93. The van der Waals surface area contributed by atoms with E-state index in [-0.39, 0.29) is 19.3 Å². The molecule has 0 saturated heterocycles. The zero-order chi connectivity index (χ0) is 21.7. The van der Waals surface area contributed by atoms with Crippen LogP contribution in [0.1, 0.15) is 39.0 Å². The van der Waals surface area contributed by atoms with E-state index in [0.29, 0.717) is 19.4 Å². The predicted octanol–water partition coefficient (Wildman–Crippen LogP) is -3.10. The van der Waals surface area contributed by atoms with Crippen LogP contribution in [0, 0.1) is 0 Å². The van der Waals surface area contributed by atoms with Gasteiger partial charge >= 0.3 is 5.97 Å². The summed E-state index contributed by atoms with van der Waals surface area (Å²) in [4.78, 5) is 57.7. The standard InChI is InChI=1S/C16H30N6O6/c1-9(14(26)20-8-13(24)25)21-16(28)11(4-2-3-7-17)22-15(27)10(18)5-6-12(19)23/h9-11H,2-8,17-18H2,1H3,(H2,19,23)(H,20,26)(H,21,28)(H,22,27)(H,24,25). The summed E-state index contributed by atoms with van der Waals surface area (Å²) >= 11 is 0. The van der Waals surface area contributed by atoms with E-state index in [1.54, 1.807) is 0 Å². The van der Waals surface area contributed by atoms with Gasteiger partial charge in [0.15, 0.2) is 0 Å². The SMILES string of the molecule is CC(NC(=O)C(CCCCN)NC(=O)C(N)CCC(N)=O)C(=O)NCC(=O)O. The van der Waals surface area contributed by atoms with Crippen LogP contribution in [-0.4, -0.2) is 65.9 Å². The van der Waals surface area contributed by atoms with Gasteiger partial charge in [0.25, 0.3) is 0 Å². The fourth-order valence-corrected chi connectivity index (χ4v) is 2.16. The number of hydrogen-bond donors (Lipinski definition) is 7. The van der Waals surface area contributed by atoms with Crippen molar-refractivity contribution in [1.82, 2.24) is 16.0 Å². The molecule has 0 aliphatic heterocycles. The molecule has 0 rings (SSSR count). The summed E-state index contributed by atoms with van der Waals surface area (Å²) in [5.74, 6) is -3.74. The van der Waals surface area contributed by atoms with E-state index in [1.165, 1.54) is 6.92 Å². The molecule has 4 amide bonds. The fourth-order valence-electron chi connectivity index (χ4n) is 2.16. The zero-order valence-corrected chi connectivity index (χ0v) is 15.9. The largest absolute Gasteiger partial charge is 0.480 e. The molecule has 28 heavy (non-hydrogen) atoms. The van der Waals surface area contributed by atoms with E-state index in [1.807, 2.05) is 0 Å². The van der Waals surface area contributed by atoms with Crippen molar-refractivity contribution in [2.75, 3.05) is 13.1 Å². The number of carboxylic acid groups (broad SMARTS) is 1. The Hall–Kier alpha value is -2.73. The highest BCUT2D eigenvalue weighted by Gasteiger charge is 2.26. The number of primary amides is 1. The molecule has 160 valence electrons. The molecule has 0 aromatic heterocycles. The summed E-state index contributed by atoms with van der Waals surface area (Å²) in [5, 5.41) is 15.6. The molecule has 0 fully saturated rings. The average Bonchev–Trinajstić information content (AvgIpc) is 2.62. The summed E-state index contributed by atoms with van der Waals surface area (Å²) in [7, 11) is 0. The van der Waals surface area contributed by atoms with E-state index in [0.717, 1.165) is 0 Å². The number of hydrogen-bond acceptors (Lipinski definition) is 7. The smallest absolute Gasteiger partial charge is 0.322 e. The summed E-state index contributed by atoms with van der Waals surface area (Å²) in [6.45, 7) is 1.21. The molecular weight excluding hydrogens is 372 g/mol. The van der Waals surface area contributed by atoms with Crippen LogP contribution in [0.5, 0.6) is 0 Å².